The van der Waals surface area contributed by atoms with E-state index in [1.165, 1.54) is 31.2 Å². The van der Waals surface area contributed by atoms with Crippen molar-refractivity contribution in [3.8, 4) is 0 Å². The van der Waals surface area contributed by atoms with Gasteiger partial charge in [-0.3, -0.25) is 0 Å². The van der Waals surface area contributed by atoms with Gasteiger partial charge >= 0.3 is 0 Å². The first-order chi connectivity index (χ1) is 8.29. The molecule has 17 heavy (non-hydrogen) atoms. The van der Waals surface area contributed by atoms with Gasteiger partial charge in [-0.05, 0) is 24.3 Å². The Labute approximate surface area is 113 Å². The van der Waals surface area contributed by atoms with Crippen LogP contribution in [-0.4, -0.2) is 11.4 Å². The van der Waals surface area contributed by atoms with Crippen molar-refractivity contribution in [3.63, 3.8) is 0 Å². The van der Waals surface area contributed by atoms with E-state index in [1.54, 1.807) is 0 Å². The Balaban J connectivity index is 1.95. The molecule has 2 rings (SSSR count). The van der Waals surface area contributed by atoms with Crippen LogP contribution in [-0.2, 0) is 4.74 Å². The van der Waals surface area contributed by atoms with Crippen LogP contribution in [0.2, 0.25) is 0 Å². The SMILES string of the molecule is CC1CCCC(OC(CBr)c2ccccc2)C1. The van der Waals surface area contributed by atoms with Crippen molar-refractivity contribution in [3.05, 3.63) is 35.9 Å². The van der Waals surface area contributed by atoms with Crippen LogP contribution in [0.5, 0.6) is 0 Å². The van der Waals surface area contributed by atoms with E-state index >= 15 is 0 Å². The smallest absolute Gasteiger partial charge is 0.0925 e. The quantitative estimate of drug-likeness (QED) is 0.731. The number of ether oxygens (including phenoxy) is 1. The molecule has 1 fully saturated rings. The van der Waals surface area contributed by atoms with Gasteiger partial charge in [0.2, 0.25) is 0 Å². The maximum absolute atomic E-state index is 6.25. The molecule has 0 aromatic heterocycles. The molecule has 3 unspecified atom stereocenters. The zero-order valence-corrected chi connectivity index (χ0v) is 12.0. The Morgan fingerprint density at radius 1 is 1.29 bits per heavy atom. The van der Waals surface area contributed by atoms with Crippen LogP contribution in [0.15, 0.2) is 30.3 Å². The van der Waals surface area contributed by atoms with E-state index in [2.05, 4.69) is 53.2 Å². The summed E-state index contributed by atoms with van der Waals surface area (Å²) < 4.78 is 6.25. The molecule has 0 saturated heterocycles. The minimum Gasteiger partial charge on any atom is -0.369 e. The summed E-state index contributed by atoms with van der Waals surface area (Å²) >= 11 is 3.57. The van der Waals surface area contributed by atoms with E-state index in [4.69, 9.17) is 4.74 Å². The highest BCUT2D eigenvalue weighted by atomic mass is 79.9. The monoisotopic (exact) mass is 296 g/mol. The minimum absolute atomic E-state index is 0.200. The van der Waals surface area contributed by atoms with E-state index in [1.807, 2.05) is 0 Å². The lowest BCUT2D eigenvalue weighted by Crippen LogP contribution is -2.24. The van der Waals surface area contributed by atoms with Gasteiger partial charge in [-0.25, -0.2) is 0 Å². The Kier molecular flexibility index (Phi) is 5.05. The number of halogens is 1. The highest BCUT2D eigenvalue weighted by Crippen LogP contribution is 2.30. The van der Waals surface area contributed by atoms with Crippen molar-refractivity contribution in [2.24, 2.45) is 5.92 Å². The average Bonchev–Trinajstić information content (AvgIpc) is 2.37. The first-order valence-electron chi connectivity index (χ1n) is 6.56. The third kappa shape index (κ3) is 3.82. The molecule has 0 bridgehead atoms. The second-order valence-electron chi connectivity index (χ2n) is 5.08. The first kappa shape index (κ1) is 13.1. The lowest BCUT2D eigenvalue weighted by Gasteiger charge is -2.30. The van der Waals surface area contributed by atoms with Crippen LogP contribution in [0.4, 0.5) is 0 Å². The molecule has 1 nitrogen and oxygen atoms in total. The van der Waals surface area contributed by atoms with Gasteiger partial charge in [0.15, 0.2) is 0 Å². The van der Waals surface area contributed by atoms with Crippen molar-refractivity contribution in [1.29, 1.82) is 0 Å². The molecule has 1 aliphatic carbocycles. The molecule has 0 heterocycles. The number of benzene rings is 1. The molecule has 0 aliphatic heterocycles. The van der Waals surface area contributed by atoms with Gasteiger partial charge in [0, 0.05) is 5.33 Å². The second kappa shape index (κ2) is 6.55. The van der Waals surface area contributed by atoms with Gasteiger partial charge in [-0.2, -0.15) is 0 Å². The Morgan fingerprint density at radius 3 is 2.71 bits per heavy atom. The number of rotatable bonds is 4. The average molecular weight is 297 g/mol. The zero-order chi connectivity index (χ0) is 12.1. The second-order valence-corrected chi connectivity index (χ2v) is 5.73. The summed E-state index contributed by atoms with van der Waals surface area (Å²) in [7, 11) is 0. The maximum atomic E-state index is 6.25. The van der Waals surface area contributed by atoms with E-state index in [9.17, 15) is 0 Å². The van der Waals surface area contributed by atoms with E-state index in [-0.39, 0.29) is 6.10 Å². The predicted molar refractivity (Wildman–Crippen MR) is 75.5 cm³/mol. The minimum atomic E-state index is 0.200. The number of hydrogen-bond donors (Lipinski definition) is 0. The number of hydrogen-bond acceptors (Lipinski definition) is 1. The van der Waals surface area contributed by atoms with Crippen LogP contribution in [0, 0.1) is 5.92 Å². The molecule has 1 aromatic rings. The Morgan fingerprint density at radius 2 is 2.06 bits per heavy atom. The van der Waals surface area contributed by atoms with Crippen molar-refractivity contribution < 1.29 is 4.74 Å². The fourth-order valence-electron chi connectivity index (χ4n) is 2.61. The van der Waals surface area contributed by atoms with Crippen molar-refractivity contribution in [1.82, 2.24) is 0 Å². The standard InChI is InChI=1S/C15H21BrO/c1-12-6-5-9-14(10-12)17-15(11-16)13-7-3-2-4-8-13/h2-4,7-8,12,14-15H,5-6,9-11H2,1H3. The van der Waals surface area contributed by atoms with Crippen molar-refractivity contribution >= 4 is 15.9 Å². The predicted octanol–water partition coefficient (Wildman–Crippen LogP) is 4.72. The lowest BCUT2D eigenvalue weighted by molar-refractivity contribution is -0.0290. The molecule has 1 saturated carbocycles. The van der Waals surface area contributed by atoms with Gasteiger partial charge < -0.3 is 4.74 Å². The van der Waals surface area contributed by atoms with Gasteiger partial charge in [0.25, 0.3) is 0 Å². The summed E-state index contributed by atoms with van der Waals surface area (Å²) in [6, 6.07) is 10.5. The molecule has 3 atom stereocenters. The molecule has 2 heteroatoms. The van der Waals surface area contributed by atoms with Gasteiger partial charge in [0.05, 0.1) is 12.2 Å². The molecule has 0 radical (unpaired) electrons. The lowest BCUT2D eigenvalue weighted by atomic mass is 9.88. The summed E-state index contributed by atoms with van der Waals surface area (Å²) in [6.45, 7) is 2.33. The molecule has 1 aliphatic rings. The summed E-state index contributed by atoms with van der Waals surface area (Å²) in [4.78, 5) is 0. The van der Waals surface area contributed by atoms with Crippen molar-refractivity contribution in [2.75, 3.05) is 5.33 Å². The fourth-order valence-corrected chi connectivity index (χ4v) is 3.13. The maximum Gasteiger partial charge on any atom is 0.0925 e. The van der Waals surface area contributed by atoms with Gasteiger partial charge in [-0.15, -0.1) is 0 Å². The zero-order valence-electron chi connectivity index (χ0n) is 10.4. The molecular formula is C15H21BrO. The van der Waals surface area contributed by atoms with E-state index in [0.29, 0.717) is 6.10 Å². The third-order valence-corrected chi connectivity index (χ3v) is 4.14. The van der Waals surface area contributed by atoms with E-state index in [0.717, 1.165) is 11.2 Å². The van der Waals surface area contributed by atoms with Crippen LogP contribution >= 0.6 is 15.9 Å². The normalized spacial score (nSPS) is 26.7. The first-order valence-corrected chi connectivity index (χ1v) is 7.68. The molecule has 0 N–H and O–H groups in total. The van der Waals surface area contributed by atoms with Crippen LogP contribution in [0.25, 0.3) is 0 Å². The van der Waals surface area contributed by atoms with Gasteiger partial charge in [-0.1, -0.05) is 66.0 Å². The third-order valence-electron chi connectivity index (χ3n) is 3.56. The van der Waals surface area contributed by atoms with Crippen LogP contribution < -0.4 is 0 Å². The topological polar surface area (TPSA) is 9.23 Å². The summed E-state index contributed by atoms with van der Waals surface area (Å²) in [6.07, 6.45) is 5.77. The molecule has 1 aromatic carbocycles. The summed E-state index contributed by atoms with van der Waals surface area (Å²) in [5.74, 6) is 0.820. The molecule has 0 spiro atoms. The highest BCUT2D eigenvalue weighted by Gasteiger charge is 2.23. The summed E-state index contributed by atoms with van der Waals surface area (Å²) in [5, 5.41) is 0.877. The summed E-state index contributed by atoms with van der Waals surface area (Å²) in [5.41, 5.74) is 1.28. The molecule has 0 amide bonds. The van der Waals surface area contributed by atoms with Crippen LogP contribution in [0.3, 0.4) is 0 Å². The largest absolute Gasteiger partial charge is 0.369 e. The van der Waals surface area contributed by atoms with Gasteiger partial charge in [0.1, 0.15) is 0 Å². The molecule has 94 valence electrons. The molecular weight excluding hydrogens is 276 g/mol. The van der Waals surface area contributed by atoms with E-state index < -0.39 is 0 Å². The fraction of sp³-hybridized carbons (Fsp3) is 0.600. The van der Waals surface area contributed by atoms with Crippen LogP contribution in [0.1, 0.15) is 44.3 Å². The highest BCUT2D eigenvalue weighted by molar-refractivity contribution is 9.09. The Hall–Kier alpha value is -0.340. The Bertz CT molecular complexity index is 325. The number of alkyl halides is 1. The van der Waals surface area contributed by atoms with Crippen molar-refractivity contribution in [2.45, 2.75) is 44.8 Å².